The monoisotopic (exact) mass is 298 g/mol. The molecule has 1 aliphatic rings. The summed E-state index contributed by atoms with van der Waals surface area (Å²) in [6.45, 7) is 6.01. The molecule has 0 bridgehead atoms. The summed E-state index contributed by atoms with van der Waals surface area (Å²) in [6.07, 6.45) is 3.41. The highest BCUT2D eigenvalue weighted by molar-refractivity contribution is 6.55. The molecule has 0 aromatic carbocycles. The van der Waals surface area contributed by atoms with E-state index in [0.29, 0.717) is 5.82 Å². The smallest absolute Gasteiger partial charge is 0.229 e. The molecule has 2 unspecified atom stereocenters. The van der Waals surface area contributed by atoms with Crippen LogP contribution in [0.3, 0.4) is 0 Å². The van der Waals surface area contributed by atoms with Crippen LogP contribution in [-0.4, -0.2) is 10.9 Å². The Morgan fingerprint density at radius 2 is 2.16 bits per heavy atom. The van der Waals surface area contributed by atoms with Crippen molar-refractivity contribution in [3.8, 4) is 0 Å². The Morgan fingerprint density at radius 3 is 2.74 bits per heavy atom. The average Bonchev–Trinajstić information content (AvgIpc) is 2.79. The Morgan fingerprint density at radius 1 is 1.47 bits per heavy atom. The van der Waals surface area contributed by atoms with Gasteiger partial charge in [-0.2, -0.15) is 0 Å². The second kappa shape index (κ2) is 5.14. The zero-order valence-corrected chi connectivity index (χ0v) is 12.6. The van der Waals surface area contributed by atoms with Crippen molar-refractivity contribution in [3.63, 3.8) is 0 Å². The minimum atomic E-state index is -0.123. The number of nitrogens with zero attached hydrogens (tertiary/aromatic N) is 1. The highest BCUT2D eigenvalue weighted by Gasteiger charge is 2.60. The van der Waals surface area contributed by atoms with Crippen molar-refractivity contribution in [2.75, 3.05) is 5.32 Å². The van der Waals surface area contributed by atoms with E-state index in [1.807, 2.05) is 32.9 Å². The maximum atomic E-state index is 12.2. The number of carbonyl (C=O) groups excluding carboxylic acids is 1. The second-order valence-electron chi connectivity index (χ2n) is 5.49. The summed E-state index contributed by atoms with van der Waals surface area (Å²) in [6, 6.07) is 3.72. The third kappa shape index (κ3) is 3.10. The molecule has 1 aliphatic carbocycles. The van der Waals surface area contributed by atoms with E-state index in [1.165, 1.54) is 0 Å². The van der Waals surface area contributed by atoms with E-state index >= 15 is 0 Å². The number of halogens is 2. The second-order valence-corrected chi connectivity index (χ2v) is 6.50. The largest absolute Gasteiger partial charge is 0.310 e. The van der Waals surface area contributed by atoms with Gasteiger partial charge in [-0.15, -0.1) is 0 Å². The molecule has 5 heteroatoms. The summed E-state index contributed by atoms with van der Waals surface area (Å²) >= 11 is 11.3. The lowest BCUT2D eigenvalue weighted by atomic mass is 10.1. The van der Waals surface area contributed by atoms with Crippen LogP contribution in [0.15, 0.2) is 28.9 Å². The summed E-state index contributed by atoms with van der Waals surface area (Å²) in [7, 11) is 0. The van der Waals surface area contributed by atoms with Crippen LogP contribution in [0.25, 0.3) is 0 Å². The molecule has 2 rings (SSSR count). The van der Waals surface area contributed by atoms with Crippen LogP contribution in [0, 0.1) is 24.2 Å². The van der Waals surface area contributed by atoms with Crippen LogP contribution in [0.5, 0.6) is 0 Å². The molecule has 0 spiro atoms. The van der Waals surface area contributed by atoms with E-state index in [9.17, 15) is 4.79 Å². The van der Waals surface area contributed by atoms with Crippen LogP contribution >= 0.6 is 23.2 Å². The number of aryl methyl sites for hydroxylation is 1. The standard InChI is InChI=1S/C14H16Cl2N2O/c1-8-4-5-17-11(6-8)18-13(19)12-9(7-10(15)16)14(12,2)3/h4-7,9,12H,1-3H3,(H,17,18,19). The summed E-state index contributed by atoms with van der Waals surface area (Å²) in [5, 5.41) is 2.84. The minimum absolute atomic E-state index is 0.0427. The quantitative estimate of drug-likeness (QED) is 0.919. The molecule has 1 saturated carbocycles. The van der Waals surface area contributed by atoms with Crippen LogP contribution in [0.2, 0.25) is 0 Å². The molecular weight excluding hydrogens is 283 g/mol. The van der Waals surface area contributed by atoms with Crippen molar-refractivity contribution >= 4 is 34.9 Å². The topological polar surface area (TPSA) is 42.0 Å². The zero-order chi connectivity index (χ0) is 14.2. The van der Waals surface area contributed by atoms with E-state index in [-0.39, 0.29) is 27.6 Å². The molecule has 2 atom stereocenters. The predicted octanol–water partition coefficient (Wildman–Crippen LogP) is 3.92. The third-order valence-corrected chi connectivity index (χ3v) is 3.92. The van der Waals surface area contributed by atoms with Crippen LogP contribution in [0.1, 0.15) is 19.4 Å². The van der Waals surface area contributed by atoms with Crippen molar-refractivity contribution in [1.29, 1.82) is 0 Å². The number of anilines is 1. The molecule has 1 amide bonds. The van der Waals surface area contributed by atoms with Gasteiger partial charge in [0.15, 0.2) is 0 Å². The molecule has 1 N–H and O–H groups in total. The number of rotatable bonds is 3. The van der Waals surface area contributed by atoms with Crippen molar-refractivity contribution in [1.82, 2.24) is 4.98 Å². The van der Waals surface area contributed by atoms with E-state index in [0.717, 1.165) is 5.56 Å². The van der Waals surface area contributed by atoms with E-state index in [1.54, 1.807) is 12.3 Å². The molecule has 1 aromatic heterocycles. The first-order valence-electron chi connectivity index (χ1n) is 6.08. The Labute approximate surface area is 123 Å². The normalized spacial score (nSPS) is 23.6. The number of carbonyl (C=O) groups is 1. The number of nitrogens with one attached hydrogen (secondary N) is 1. The maximum absolute atomic E-state index is 12.2. The number of allylic oxidation sites excluding steroid dienone is 1. The fraction of sp³-hybridized carbons (Fsp3) is 0.429. The SMILES string of the molecule is Cc1ccnc(NC(=O)C2C(C=C(Cl)Cl)C2(C)C)c1. The van der Waals surface area contributed by atoms with E-state index in [4.69, 9.17) is 23.2 Å². The van der Waals surface area contributed by atoms with Gasteiger partial charge >= 0.3 is 0 Å². The number of hydrogen-bond acceptors (Lipinski definition) is 2. The minimum Gasteiger partial charge on any atom is -0.310 e. The Bertz CT molecular complexity index is 536. The van der Waals surface area contributed by atoms with Gasteiger partial charge in [0.2, 0.25) is 5.91 Å². The van der Waals surface area contributed by atoms with Gasteiger partial charge in [-0.3, -0.25) is 4.79 Å². The van der Waals surface area contributed by atoms with Gasteiger partial charge in [0, 0.05) is 6.20 Å². The van der Waals surface area contributed by atoms with Gasteiger partial charge in [0.05, 0.1) is 5.92 Å². The lowest BCUT2D eigenvalue weighted by molar-refractivity contribution is -0.118. The first-order valence-corrected chi connectivity index (χ1v) is 6.84. The van der Waals surface area contributed by atoms with Gasteiger partial charge in [0.25, 0.3) is 0 Å². The lowest BCUT2D eigenvalue weighted by Gasteiger charge is -2.05. The van der Waals surface area contributed by atoms with Crippen molar-refractivity contribution < 1.29 is 4.79 Å². The van der Waals surface area contributed by atoms with Crippen LogP contribution < -0.4 is 5.32 Å². The van der Waals surface area contributed by atoms with Gasteiger partial charge < -0.3 is 5.32 Å². The molecule has 102 valence electrons. The van der Waals surface area contributed by atoms with E-state index < -0.39 is 0 Å². The Kier molecular flexibility index (Phi) is 3.88. The fourth-order valence-corrected chi connectivity index (χ4v) is 2.71. The van der Waals surface area contributed by atoms with Gasteiger partial charge in [-0.25, -0.2) is 4.98 Å². The fourth-order valence-electron chi connectivity index (χ4n) is 2.43. The number of pyridine rings is 1. The van der Waals surface area contributed by atoms with Crippen molar-refractivity contribution in [3.05, 3.63) is 34.5 Å². The summed E-state index contributed by atoms with van der Waals surface area (Å²) in [5.74, 6) is 0.482. The van der Waals surface area contributed by atoms with E-state index in [2.05, 4.69) is 10.3 Å². The Hall–Kier alpha value is -1.06. The van der Waals surface area contributed by atoms with Gasteiger partial charge in [-0.05, 0) is 42.0 Å². The first-order chi connectivity index (χ1) is 8.82. The Balaban J connectivity index is 2.08. The first kappa shape index (κ1) is 14.4. The molecule has 1 aromatic rings. The lowest BCUT2D eigenvalue weighted by Crippen LogP contribution is -2.17. The van der Waals surface area contributed by atoms with Crippen molar-refractivity contribution in [2.24, 2.45) is 17.3 Å². The molecular formula is C14H16Cl2N2O. The van der Waals surface area contributed by atoms with Crippen LogP contribution in [-0.2, 0) is 4.79 Å². The molecule has 1 heterocycles. The summed E-state index contributed by atoms with van der Waals surface area (Å²) < 4.78 is 0.210. The summed E-state index contributed by atoms with van der Waals surface area (Å²) in [4.78, 5) is 16.4. The molecule has 19 heavy (non-hydrogen) atoms. The van der Waals surface area contributed by atoms with Crippen molar-refractivity contribution in [2.45, 2.75) is 20.8 Å². The molecule has 0 saturated heterocycles. The number of aromatic nitrogens is 1. The van der Waals surface area contributed by atoms with Gasteiger partial charge in [-0.1, -0.05) is 37.0 Å². The third-order valence-electron chi connectivity index (χ3n) is 3.67. The molecule has 3 nitrogen and oxygen atoms in total. The molecule has 0 radical (unpaired) electrons. The average molecular weight is 299 g/mol. The van der Waals surface area contributed by atoms with Crippen LogP contribution in [0.4, 0.5) is 5.82 Å². The maximum Gasteiger partial charge on any atom is 0.229 e. The highest BCUT2D eigenvalue weighted by Crippen LogP contribution is 2.59. The number of amides is 1. The molecule has 0 aliphatic heterocycles. The number of hydrogen-bond donors (Lipinski definition) is 1. The molecule has 1 fully saturated rings. The highest BCUT2D eigenvalue weighted by atomic mass is 35.5. The zero-order valence-electron chi connectivity index (χ0n) is 11.1. The summed E-state index contributed by atoms with van der Waals surface area (Å²) in [5.41, 5.74) is 0.934. The van der Waals surface area contributed by atoms with Gasteiger partial charge in [0.1, 0.15) is 10.3 Å². The predicted molar refractivity (Wildman–Crippen MR) is 78.2 cm³/mol.